The molecule has 8 heteroatoms. The fourth-order valence-corrected chi connectivity index (χ4v) is 4.17. The molecule has 0 aliphatic heterocycles. The van der Waals surface area contributed by atoms with E-state index in [1.807, 2.05) is 12.1 Å². The van der Waals surface area contributed by atoms with Crippen LogP contribution in [0.15, 0.2) is 34.7 Å². The first-order valence-corrected chi connectivity index (χ1v) is 8.38. The molecule has 1 heterocycles. The van der Waals surface area contributed by atoms with Crippen molar-refractivity contribution < 1.29 is 13.2 Å². The number of methoxy groups -OCH3 is 1. The van der Waals surface area contributed by atoms with E-state index in [4.69, 9.17) is 16.3 Å². The largest absolute Gasteiger partial charge is 0.497 e. The number of rotatable bonds is 5. The summed E-state index contributed by atoms with van der Waals surface area (Å²) >= 11 is 6.58. The summed E-state index contributed by atoms with van der Waals surface area (Å²) in [6.45, 7) is 1.76. The van der Waals surface area contributed by atoms with Gasteiger partial charge in [0.15, 0.2) is 8.68 Å². The maximum atomic E-state index is 12.2. The molecule has 20 heavy (non-hydrogen) atoms. The van der Waals surface area contributed by atoms with Gasteiger partial charge in [-0.1, -0.05) is 35.1 Å². The number of hydrogen-bond donors (Lipinski definition) is 1. The molecule has 1 aromatic carbocycles. The summed E-state index contributed by atoms with van der Waals surface area (Å²) in [5.74, 6) is 0.675. The van der Waals surface area contributed by atoms with Crippen molar-refractivity contribution in [3.63, 3.8) is 0 Å². The first kappa shape index (κ1) is 15.2. The molecule has 108 valence electrons. The molecule has 0 saturated heterocycles. The van der Waals surface area contributed by atoms with E-state index in [0.717, 1.165) is 16.9 Å². The van der Waals surface area contributed by atoms with Crippen LogP contribution in [0, 0.1) is 0 Å². The van der Waals surface area contributed by atoms with Crippen molar-refractivity contribution in [2.75, 3.05) is 7.11 Å². The van der Waals surface area contributed by atoms with Gasteiger partial charge in [-0.05, 0) is 24.6 Å². The SMILES string of the molecule is COc1cccc(C(C)NS(=O)(=O)c2cnc(Cl)s2)c1. The Morgan fingerprint density at radius 1 is 1.45 bits per heavy atom. The van der Waals surface area contributed by atoms with Gasteiger partial charge in [-0.3, -0.25) is 0 Å². The van der Waals surface area contributed by atoms with Crippen LogP contribution >= 0.6 is 22.9 Å². The molecule has 0 aliphatic rings. The highest BCUT2D eigenvalue weighted by molar-refractivity contribution is 7.91. The minimum atomic E-state index is -3.63. The van der Waals surface area contributed by atoms with E-state index in [1.54, 1.807) is 26.2 Å². The zero-order valence-corrected chi connectivity index (χ0v) is 13.2. The van der Waals surface area contributed by atoms with Crippen molar-refractivity contribution in [1.29, 1.82) is 0 Å². The summed E-state index contributed by atoms with van der Waals surface area (Å²) < 4.78 is 32.3. The highest BCUT2D eigenvalue weighted by Crippen LogP contribution is 2.25. The third kappa shape index (κ3) is 3.49. The second-order valence-electron chi connectivity index (χ2n) is 4.05. The Morgan fingerprint density at radius 3 is 2.80 bits per heavy atom. The molecule has 1 aromatic heterocycles. The average molecular weight is 333 g/mol. The van der Waals surface area contributed by atoms with E-state index in [1.165, 1.54) is 6.20 Å². The molecular weight excluding hydrogens is 320 g/mol. The van der Waals surface area contributed by atoms with Crippen LogP contribution in [0.4, 0.5) is 0 Å². The number of thiazole rings is 1. The molecule has 0 saturated carbocycles. The molecule has 2 rings (SSSR count). The van der Waals surface area contributed by atoms with Crippen LogP contribution < -0.4 is 9.46 Å². The Hall–Kier alpha value is -1.15. The van der Waals surface area contributed by atoms with E-state index in [9.17, 15) is 8.42 Å². The van der Waals surface area contributed by atoms with Gasteiger partial charge in [0.2, 0.25) is 0 Å². The Morgan fingerprint density at radius 2 is 2.20 bits per heavy atom. The lowest BCUT2D eigenvalue weighted by Crippen LogP contribution is -2.26. The van der Waals surface area contributed by atoms with Gasteiger partial charge in [-0.25, -0.2) is 18.1 Å². The zero-order valence-electron chi connectivity index (χ0n) is 10.8. The zero-order chi connectivity index (χ0) is 14.8. The maximum Gasteiger partial charge on any atom is 0.252 e. The average Bonchev–Trinajstić information content (AvgIpc) is 2.86. The lowest BCUT2D eigenvalue weighted by Gasteiger charge is -2.14. The van der Waals surface area contributed by atoms with Crippen molar-refractivity contribution in [2.45, 2.75) is 17.2 Å². The number of hydrogen-bond acceptors (Lipinski definition) is 5. The van der Waals surface area contributed by atoms with Crippen LogP contribution in [-0.4, -0.2) is 20.5 Å². The minimum Gasteiger partial charge on any atom is -0.497 e. The lowest BCUT2D eigenvalue weighted by atomic mass is 10.1. The molecule has 2 aromatic rings. The number of sulfonamides is 1. The second-order valence-corrected chi connectivity index (χ2v) is 7.61. The molecule has 0 spiro atoms. The molecule has 0 amide bonds. The van der Waals surface area contributed by atoms with Crippen molar-refractivity contribution >= 4 is 33.0 Å². The van der Waals surface area contributed by atoms with Gasteiger partial charge in [-0.15, -0.1) is 0 Å². The van der Waals surface area contributed by atoms with Gasteiger partial charge in [-0.2, -0.15) is 0 Å². The third-order valence-electron chi connectivity index (χ3n) is 2.65. The summed E-state index contributed by atoms with van der Waals surface area (Å²) in [6.07, 6.45) is 1.24. The Labute approximate surface area is 126 Å². The molecule has 1 N–H and O–H groups in total. The monoisotopic (exact) mass is 332 g/mol. The number of ether oxygens (including phenoxy) is 1. The van der Waals surface area contributed by atoms with Gasteiger partial charge in [0.1, 0.15) is 5.75 Å². The summed E-state index contributed by atoms with van der Waals surface area (Å²) in [5.41, 5.74) is 0.809. The minimum absolute atomic E-state index is 0.0947. The number of nitrogens with zero attached hydrogens (tertiary/aromatic N) is 1. The molecule has 0 radical (unpaired) electrons. The lowest BCUT2D eigenvalue weighted by molar-refractivity contribution is 0.413. The summed E-state index contributed by atoms with van der Waals surface area (Å²) in [6, 6.07) is 6.83. The van der Waals surface area contributed by atoms with E-state index >= 15 is 0 Å². The smallest absolute Gasteiger partial charge is 0.252 e. The van der Waals surface area contributed by atoms with Crippen LogP contribution in [0.3, 0.4) is 0 Å². The number of benzene rings is 1. The number of aromatic nitrogens is 1. The Bertz CT molecular complexity index is 700. The molecule has 1 unspecified atom stereocenters. The van der Waals surface area contributed by atoms with E-state index < -0.39 is 16.1 Å². The van der Waals surface area contributed by atoms with Crippen LogP contribution in [0.1, 0.15) is 18.5 Å². The van der Waals surface area contributed by atoms with E-state index in [2.05, 4.69) is 9.71 Å². The Kier molecular flexibility index (Phi) is 4.64. The Balaban J connectivity index is 2.20. The second kappa shape index (κ2) is 6.09. The first-order valence-electron chi connectivity index (χ1n) is 5.70. The van der Waals surface area contributed by atoms with Crippen LogP contribution in [-0.2, 0) is 10.0 Å². The highest BCUT2D eigenvalue weighted by Gasteiger charge is 2.21. The van der Waals surface area contributed by atoms with Crippen molar-refractivity contribution in [3.05, 3.63) is 40.5 Å². The van der Waals surface area contributed by atoms with Crippen molar-refractivity contribution in [2.24, 2.45) is 0 Å². The summed E-state index contributed by atoms with van der Waals surface area (Å²) in [7, 11) is -2.06. The van der Waals surface area contributed by atoms with Gasteiger partial charge >= 0.3 is 0 Å². The number of halogens is 1. The molecular formula is C12H13ClN2O3S2. The third-order valence-corrected chi connectivity index (χ3v) is 5.76. The molecule has 0 bridgehead atoms. The predicted molar refractivity (Wildman–Crippen MR) is 78.9 cm³/mol. The summed E-state index contributed by atoms with van der Waals surface area (Å²) in [5, 5.41) is 0. The normalized spacial score (nSPS) is 13.2. The summed E-state index contributed by atoms with van der Waals surface area (Å²) in [4.78, 5) is 3.74. The van der Waals surface area contributed by atoms with Gasteiger partial charge in [0.25, 0.3) is 10.0 Å². The first-order chi connectivity index (χ1) is 9.42. The van der Waals surface area contributed by atoms with Crippen molar-refractivity contribution in [3.8, 4) is 5.75 Å². The molecule has 0 aliphatic carbocycles. The quantitative estimate of drug-likeness (QED) is 0.914. The van der Waals surface area contributed by atoms with Gasteiger partial charge in [0, 0.05) is 6.04 Å². The van der Waals surface area contributed by atoms with Gasteiger partial charge < -0.3 is 4.74 Å². The highest BCUT2D eigenvalue weighted by atomic mass is 35.5. The maximum absolute atomic E-state index is 12.2. The topological polar surface area (TPSA) is 68.3 Å². The van der Waals surface area contributed by atoms with Crippen LogP contribution in [0.5, 0.6) is 5.75 Å². The number of nitrogens with one attached hydrogen (secondary N) is 1. The molecule has 1 atom stereocenters. The fraction of sp³-hybridized carbons (Fsp3) is 0.250. The molecule has 0 fully saturated rings. The van der Waals surface area contributed by atoms with Crippen LogP contribution in [0.2, 0.25) is 4.47 Å². The predicted octanol–water partition coefficient (Wildman–Crippen LogP) is 2.84. The standard InChI is InChI=1S/C12H13ClN2O3S2/c1-8(9-4-3-5-10(6-9)18-2)15-20(16,17)11-7-14-12(13)19-11/h3-8,15H,1-2H3. The van der Waals surface area contributed by atoms with Gasteiger partial charge in [0.05, 0.1) is 13.3 Å². The van der Waals surface area contributed by atoms with Crippen LogP contribution in [0.25, 0.3) is 0 Å². The molecule has 5 nitrogen and oxygen atoms in total. The van der Waals surface area contributed by atoms with E-state index in [0.29, 0.717) is 5.75 Å². The fourth-order valence-electron chi connectivity index (χ4n) is 1.63. The van der Waals surface area contributed by atoms with E-state index in [-0.39, 0.29) is 8.68 Å². The van der Waals surface area contributed by atoms with Crippen molar-refractivity contribution in [1.82, 2.24) is 9.71 Å².